The molecular weight excluding hydrogens is 542 g/mol. The molecule has 3 N–H and O–H groups in total. The molecule has 0 aliphatic carbocycles. The van der Waals surface area contributed by atoms with E-state index in [1.165, 1.54) is 34.8 Å². The molecule has 5 rings (SSSR count). The van der Waals surface area contributed by atoms with Gasteiger partial charge in [-0.3, -0.25) is 0 Å². The van der Waals surface area contributed by atoms with Gasteiger partial charge in [-0.05, 0) is 37.3 Å². The Morgan fingerprint density at radius 1 is 1.13 bits per heavy atom. The zero-order valence-corrected chi connectivity index (χ0v) is 21.6. The third-order valence-corrected chi connectivity index (χ3v) is 6.83. The Bertz CT molecular complexity index is 1470. The number of aryl methyl sites for hydroxylation is 1. The Balaban J connectivity index is 1.55. The summed E-state index contributed by atoms with van der Waals surface area (Å²) in [4.78, 5) is 4.46. The maximum Gasteiger partial charge on any atom is 0.164 e. The van der Waals surface area contributed by atoms with Crippen molar-refractivity contribution in [2.75, 3.05) is 13.7 Å². The molecule has 0 radical (unpaired) electrons. The quantitative estimate of drug-likeness (QED) is 0.322. The van der Waals surface area contributed by atoms with E-state index in [0.717, 1.165) is 0 Å². The van der Waals surface area contributed by atoms with E-state index in [1.807, 2.05) is 0 Å². The molecule has 1 fully saturated rings. The van der Waals surface area contributed by atoms with Gasteiger partial charge in [0.2, 0.25) is 0 Å². The van der Waals surface area contributed by atoms with Crippen LogP contribution in [0.3, 0.4) is 0 Å². The first-order chi connectivity index (χ1) is 18.2. The minimum atomic E-state index is -1.42. The number of aromatic nitrogens is 6. The average molecular weight is 565 g/mol. The summed E-state index contributed by atoms with van der Waals surface area (Å²) in [5, 5.41) is 45.4. The number of benzene rings is 2. The lowest BCUT2D eigenvalue weighted by Gasteiger charge is -2.41. The second-order valence-electron chi connectivity index (χ2n) is 8.71. The Kier molecular flexibility index (Phi) is 7.36. The molecule has 2 aromatic heterocycles. The molecule has 1 saturated heterocycles. The van der Waals surface area contributed by atoms with Crippen LogP contribution in [0.2, 0.25) is 10.0 Å². The van der Waals surface area contributed by atoms with Crippen molar-refractivity contribution < 1.29 is 29.2 Å². The first-order valence-electron chi connectivity index (χ1n) is 11.5. The van der Waals surface area contributed by atoms with Crippen LogP contribution in [-0.2, 0) is 4.74 Å². The van der Waals surface area contributed by atoms with Crippen LogP contribution in [0.25, 0.3) is 16.9 Å². The van der Waals surface area contributed by atoms with Crippen molar-refractivity contribution in [2.24, 2.45) is 0 Å². The molecule has 3 heterocycles. The smallest absolute Gasteiger partial charge is 0.164 e. The summed E-state index contributed by atoms with van der Waals surface area (Å²) in [7, 11) is 1.49. The van der Waals surface area contributed by atoms with Gasteiger partial charge in [-0.1, -0.05) is 34.5 Å². The van der Waals surface area contributed by atoms with Gasteiger partial charge in [-0.15, -0.1) is 5.10 Å². The fraction of sp³-hybridized carbons (Fsp3) is 0.333. The number of aliphatic hydroxyl groups is 3. The van der Waals surface area contributed by atoms with Gasteiger partial charge in [0, 0.05) is 10.6 Å². The molecule has 5 atom stereocenters. The van der Waals surface area contributed by atoms with Crippen molar-refractivity contribution in [2.45, 2.75) is 37.4 Å². The molecule has 4 aromatic rings. The van der Waals surface area contributed by atoms with Crippen LogP contribution < -0.4 is 4.74 Å². The third kappa shape index (κ3) is 4.75. The molecule has 14 heteroatoms. The first kappa shape index (κ1) is 26.5. The SMILES string of the molecule is COc1ccc(Cl)cc1-n1nc(C)nc1[C@@H]1O[C@H](CO)[C@H](O)[C@H](n2cc(-c3ccc(Cl)c(F)c3)nn2)[C@H]1O. The molecule has 0 saturated carbocycles. The lowest BCUT2D eigenvalue weighted by Crippen LogP contribution is -2.53. The molecule has 1 aliphatic rings. The highest BCUT2D eigenvalue weighted by Crippen LogP contribution is 2.39. The Labute approximate surface area is 226 Å². The number of methoxy groups -OCH3 is 1. The number of rotatable bonds is 6. The van der Waals surface area contributed by atoms with Crippen molar-refractivity contribution >= 4 is 23.2 Å². The van der Waals surface area contributed by atoms with Crippen LogP contribution in [-0.4, -0.2) is 77.1 Å². The van der Waals surface area contributed by atoms with Gasteiger partial charge in [-0.2, -0.15) is 5.10 Å². The van der Waals surface area contributed by atoms with Crippen LogP contribution in [0.15, 0.2) is 42.6 Å². The van der Waals surface area contributed by atoms with E-state index in [-0.39, 0.29) is 16.5 Å². The number of hydrogen-bond acceptors (Lipinski definition) is 9. The molecule has 38 heavy (non-hydrogen) atoms. The third-order valence-electron chi connectivity index (χ3n) is 6.29. The fourth-order valence-corrected chi connectivity index (χ4v) is 4.74. The van der Waals surface area contributed by atoms with Crippen molar-refractivity contribution in [1.29, 1.82) is 0 Å². The number of ether oxygens (including phenoxy) is 2. The Morgan fingerprint density at radius 3 is 2.63 bits per heavy atom. The van der Waals surface area contributed by atoms with E-state index in [0.29, 0.717) is 27.8 Å². The van der Waals surface area contributed by atoms with Gasteiger partial charge in [0.05, 0.1) is 24.9 Å². The predicted octanol–water partition coefficient (Wildman–Crippen LogP) is 2.68. The topological polar surface area (TPSA) is 141 Å². The summed E-state index contributed by atoms with van der Waals surface area (Å²) in [6, 6.07) is 7.99. The van der Waals surface area contributed by atoms with Crippen molar-refractivity contribution in [3.05, 3.63) is 70.1 Å². The minimum absolute atomic E-state index is 0.0409. The molecule has 0 unspecified atom stereocenters. The highest BCUT2D eigenvalue weighted by molar-refractivity contribution is 6.31. The highest BCUT2D eigenvalue weighted by Gasteiger charge is 2.48. The monoisotopic (exact) mass is 564 g/mol. The van der Waals surface area contributed by atoms with E-state index >= 15 is 0 Å². The van der Waals surface area contributed by atoms with Crippen LogP contribution in [0, 0.1) is 12.7 Å². The van der Waals surface area contributed by atoms with Crippen molar-refractivity contribution in [3.8, 4) is 22.7 Å². The predicted molar refractivity (Wildman–Crippen MR) is 134 cm³/mol. The zero-order valence-electron chi connectivity index (χ0n) is 20.1. The van der Waals surface area contributed by atoms with Crippen LogP contribution in [0.5, 0.6) is 5.75 Å². The molecule has 1 aliphatic heterocycles. The molecule has 11 nitrogen and oxygen atoms in total. The number of halogens is 3. The average Bonchev–Trinajstić information content (AvgIpc) is 3.53. The summed E-state index contributed by atoms with van der Waals surface area (Å²) < 4.78 is 28.1. The molecule has 0 bridgehead atoms. The van der Waals surface area contributed by atoms with E-state index in [2.05, 4.69) is 20.4 Å². The van der Waals surface area contributed by atoms with E-state index in [1.54, 1.807) is 31.2 Å². The largest absolute Gasteiger partial charge is 0.494 e. The van der Waals surface area contributed by atoms with Gasteiger partial charge < -0.3 is 24.8 Å². The van der Waals surface area contributed by atoms with Gasteiger partial charge in [0.15, 0.2) is 5.82 Å². The van der Waals surface area contributed by atoms with Gasteiger partial charge in [-0.25, -0.2) is 18.7 Å². The summed E-state index contributed by atoms with van der Waals surface area (Å²) in [5.74, 6) is 0.369. The van der Waals surface area contributed by atoms with Crippen LogP contribution in [0.4, 0.5) is 4.39 Å². The lowest BCUT2D eigenvalue weighted by atomic mass is 9.92. The minimum Gasteiger partial charge on any atom is -0.494 e. The van der Waals surface area contributed by atoms with Crippen molar-refractivity contribution in [1.82, 2.24) is 29.8 Å². The van der Waals surface area contributed by atoms with Crippen LogP contribution >= 0.6 is 23.2 Å². The second kappa shape index (κ2) is 10.6. The zero-order chi connectivity index (χ0) is 27.1. The van der Waals surface area contributed by atoms with Gasteiger partial charge in [0.1, 0.15) is 59.2 Å². The fourth-order valence-electron chi connectivity index (χ4n) is 4.46. The number of hydrogen-bond donors (Lipinski definition) is 3. The van der Waals surface area contributed by atoms with Crippen molar-refractivity contribution in [3.63, 3.8) is 0 Å². The lowest BCUT2D eigenvalue weighted by molar-refractivity contribution is -0.210. The summed E-state index contributed by atoms with van der Waals surface area (Å²) in [6.45, 7) is 1.11. The molecular formula is C24H23Cl2FN6O5. The normalized spacial score (nSPS) is 23.5. The standard InChI is InChI=1S/C24H23Cl2FN6O5/c1-11-28-24(33(30-11)17-8-13(25)4-6-18(17)37-2)23-22(36)20(21(35)19(10-34)38-23)32-9-16(29-31-32)12-3-5-14(26)15(27)7-12/h3-9,19-23,34-36H,10H2,1-2H3/t19-,20+,21+,22-,23-/m1/s1. The first-order valence-corrected chi connectivity index (χ1v) is 12.2. The van der Waals surface area contributed by atoms with E-state index in [4.69, 9.17) is 32.7 Å². The maximum atomic E-state index is 14.0. The van der Waals surface area contributed by atoms with Gasteiger partial charge >= 0.3 is 0 Å². The molecule has 200 valence electrons. The Hall–Kier alpha value is -3.13. The molecule has 0 amide bonds. The molecule has 2 aromatic carbocycles. The van der Waals surface area contributed by atoms with Gasteiger partial charge in [0.25, 0.3) is 0 Å². The van der Waals surface area contributed by atoms with Crippen LogP contribution in [0.1, 0.15) is 23.8 Å². The summed E-state index contributed by atoms with van der Waals surface area (Å²) >= 11 is 12.0. The maximum absolute atomic E-state index is 14.0. The summed E-state index contributed by atoms with van der Waals surface area (Å²) in [6.07, 6.45) is -3.61. The molecule has 0 spiro atoms. The highest BCUT2D eigenvalue weighted by atomic mass is 35.5. The number of nitrogens with zero attached hydrogens (tertiary/aromatic N) is 6. The van der Waals surface area contributed by atoms with E-state index in [9.17, 15) is 19.7 Å². The number of aliphatic hydroxyl groups excluding tert-OH is 3. The summed E-state index contributed by atoms with van der Waals surface area (Å²) in [5.41, 5.74) is 1.13. The Morgan fingerprint density at radius 2 is 1.92 bits per heavy atom. The van der Waals surface area contributed by atoms with E-state index < -0.39 is 42.9 Å². The second-order valence-corrected chi connectivity index (χ2v) is 9.55.